The molecule has 2 heteroatoms. The van der Waals surface area contributed by atoms with Crippen LogP contribution in [0.4, 0.5) is 0 Å². The van der Waals surface area contributed by atoms with E-state index in [2.05, 4.69) is 24.8 Å². The average molecular weight is 233 g/mol. The van der Waals surface area contributed by atoms with Gasteiger partial charge in [-0.2, -0.15) is 0 Å². The number of aryl methyl sites for hydroxylation is 1. The van der Waals surface area contributed by atoms with Crippen molar-refractivity contribution in [3.63, 3.8) is 0 Å². The van der Waals surface area contributed by atoms with Gasteiger partial charge in [-0.1, -0.05) is 31.2 Å². The van der Waals surface area contributed by atoms with Gasteiger partial charge in [-0.3, -0.25) is 0 Å². The molecule has 0 heterocycles. The molecule has 0 aliphatic heterocycles. The summed E-state index contributed by atoms with van der Waals surface area (Å²) < 4.78 is 0. The lowest BCUT2D eigenvalue weighted by Crippen LogP contribution is -2.30. The van der Waals surface area contributed by atoms with Crippen LogP contribution in [0.2, 0.25) is 0 Å². The third-order valence-electron chi connectivity index (χ3n) is 3.64. The van der Waals surface area contributed by atoms with E-state index in [1.54, 1.807) is 0 Å². The molecule has 0 radical (unpaired) electrons. The van der Waals surface area contributed by atoms with Crippen LogP contribution in [0.15, 0.2) is 24.3 Å². The predicted molar refractivity (Wildman–Crippen MR) is 71.0 cm³/mol. The zero-order valence-corrected chi connectivity index (χ0v) is 10.9. The Morgan fingerprint density at radius 3 is 2.65 bits per heavy atom. The van der Waals surface area contributed by atoms with Gasteiger partial charge in [-0.15, -0.1) is 0 Å². The van der Waals surface area contributed by atoms with E-state index in [9.17, 15) is 5.11 Å². The summed E-state index contributed by atoms with van der Waals surface area (Å²) in [4.78, 5) is 2.37. The number of likely N-dealkylation sites (N-methyl/N-ethyl adjacent to an activating group) is 1. The fourth-order valence-electron chi connectivity index (χ4n) is 2.30. The molecule has 0 spiro atoms. The van der Waals surface area contributed by atoms with Crippen LogP contribution in [0.1, 0.15) is 37.0 Å². The fraction of sp³-hybridized carbons (Fsp3) is 0.600. The number of rotatable bonds is 6. The zero-order valence-electron chi connectivity index (χ0n) is 10.9. The lowest BCUT2D eigenvalue weighted by molar-refractivity contribution is 0.113. The standard InChI is InChI=1S/C15H23NO/c1-3-16(10-13-8-9-13)11-15(17)14-7-5-4-6-12(14)2/h4-7,13,15,17H,3,8-11H2,1-2H3. The van der Waals surface area contributed by atoms with Gasteiger partial charge in [0.2, 0.25) is 0 Å². The number of nitrogens with zero attached hydrogens (tertiary/aromatic N) is 1. The van der Waals surface area contributed by atoms with E-state index in [0.717, 1.165) is 31.1 Å². The lowest BCUT2D eigenvalue weighted by atomic mass is 10.0. The Kier molecular flexibility index (Phi) is 4.19. The van der Waals surface area contributed by atoms with Crippen molar-refractivity contribution in [3.05, 3.63) is 35.4 Å². The molecule has 1 atom stereocenters. The first-order valence-electron chi connectivity index (χ1n) is 6.66. The largest absolute Gasteiger partial charge is 0.387 e. The first-order chi connectivity index (χ1) is 8.20. The van der Waals surface area contributed by atoms with E-state index in [0.29, 0.717) is 0 Å². The Balaban J connectivity index is 1.94. The van der Waals surface area contributed by atoms with Crippen LogP contribution in [0.25, 0.3) is 0 Å². The molecule has 0 bridgehead atoms. The smallest absolute Gasteiger partial charge is 0.0919 e. The van der Waals surface area contributed by atoms with Gasteiger partial charge in [0.15, 0.2) is 0 Å². The maximum Gasteiger partial charge on any atom is 0.0919 e. The summed E-state index contributed by atoms with van der Waals surface area (Å²) in [6.45, 7) is 7.18. The second-order valence-electron chi connectivity index (χ2n) is 5.17. The van der Waals surface area contributed by atoms with Crippen LogP contribution >= 0.6 is 0 Å². The van der Waals surface area contributed by atoms with Gasteiger partial charge < -0.3 is 10.0 Å². The van der Waals surface area contributed by atoms with Gasteiger partial charge in [0.25, 0.3) is 0 Å². The summed E-state index contributed by atoms with van der Waals surface area (Å²) in [5, 5.41) is 10.3. The van der Waals surface area contributed by atoms with Crippen molar-refractivity contribution in [2.24, 2.45) is 5.92 Å². The topological polar surface area (TPSA) is 23.5 Å². The molecule has 0 amide bonds. The zero-order chi connectivity index (χ0) is 12.3. The van der Waals surface area contributed by atoms with E-state index < -0.39 is 0 Å². The molecular formula is C15H23NO. The molecule has 0 saturated heterocycles. The third-order valence-corrected chi connectivity index (χ3v) is 3.64. The Hall–Kier alpha value is -0.860. The SMILES string of the molecule is CCN(CC1CC1)CC(O)c1ccccc1C. The van der Waals surface area contributed by atoms with Crippen molar-refractivity contribution >= 4 is 0 Å². The molecule has 0 aromatic heterocycles. The molecule has 2 rings (SSSR count). The molecule has 1 fully saturated rings. The van der Waals surface area contributed by atoms with Crippen molar-refractivity contribution in [3.8, 4) is 0 Å². The fourth-order valence-corrected chi connectivity index (χ4v) is 2.30. The van der Waals surface area contributed by atoms with Gasteiger partial charge in [0.1, 0.15) is 0 Å². The molecule has 94 valence electrons. The van der Waals surface area contributed by atoms with E-state index in [-0.39, 0.29) is 6.10 Å². The van der Waals surface area contributed by atoms with Crippen LogP contribution in [0.3, 0.4) is 0 Å². The highest BCUT2D eigenvalue weighted by Crippen LogP contribution is 2.30. The van der Waals surface area contributed by atoms with Crippen molar-refractivity contribution in [2.45, 2.75) is 32.8 Å². The van der Waals surface area contributed by atoms with Crippen molar-refractivity contribution < 1.29 is 5.11 Å². The summed E-state index contributed by atoms with van der Waals surface area (Å²) in [5.74, 6) is 0.888. The number of aliphatic hydroxyl groups excluding tert-OH is 1. The molecule has 17 heavy (non-hydrogen) atoms. The van der Waals surface area contributed by atoms with Gasteiger partial charge in [0, 0.05) is 13.1 Å². The maximum absolute atomic E-state index is 10.3. The van der Waals surface area contributed by atoms with Crippen molar-refractivity contribution in [1.29, 1.82) is 0 Å². The van der Waals surface area contributed by atoms with Gasteiger partial charge >= 0.3 is 0 Å². The summed E-state index contributed by atoms with van der Waals surface area (Å²) in [6, 6.07) is 8.12. The summed E-state index contributed by atoms with van der Waals surface area (Å²) in [6.07, 6.45) is 2.39. The highest BCUT2D eigenvalue weighted by Gasteiger charge is 2.25. The molecule has 1 aromatic rings. The number of benzene rings is 1. The van der Waals surface area contributed by atoms with Crippen LogP contribution < -0.4 is 0 Å². The van der Waals surface area contributed by atoms with E-state index in [1.807, 2.05) is 18.2 Å². The summed E-state index contributed by atoms with van der Waals surface area (Å²) >= 11 is 0. The molecule has 1 aromatic carbocycles. The summed E-state index contributed by atoms with van der Waals surface area (Å²) in [7, 11) is 0. The van der Waals surface area contributed by atoms with E-state index in [1.165, 1.54) is 18.4 Å². The highest BCUT2D eigenvalue weighted by molar-refractivity contribution is 5.27. The minimum Gasteiger partial charge on any atom is -0.387 e. The normalized spacial score (nSPS) is 17.4. The summed E-state index contributed by atoms with van der Waals surface area (Å²) in [5.41, 5.74) is 2.25. The maximum atomic E-state index is 10.3. The van der Waals surface area contributed by atoms with Crippen molar-refractivity contribution in [2.75, 3.05) is 19.6 Å². The molecule has 1 saturated carbocycles. The quantitative estimate of drug-likeness (QED) is 0.816. The van der Waals surface area contributed by atoms with Crippen LogP contribution in [-0.2, 0) is 0 Å². The van der Waals surface area contributed by atoms with Crippen LogP contribution in [0.5, 0.6) is 0 Å². The monoisotopic (exact) mass is 233 g/mol. The molecule has 2 nitrogen and oxygen atoms in total. The second kappa shape index (κ2) is 5.65. The minimum atomic E-state index is -0.352. The third kappa shape index (κ3) is 3.55. The number of hydrogen-bond acceptors (Lipinski definition) is 2. The predicted octanol–water partition coefficient (Wildman–Crippen LogP) is 2.76. The average Bonchev–Trinajstić information content (AvgIpc) is 3.12. The van der Waals surface area contributed by atoms with Gasteiger partial charge in [-0.05, 0) is 43.4 Å². The number of hydrogen-bond donors (Lipinski definition) is 1. The first-order valence-corrected chi connectivity index (χ1v) is 6.66. The molecule has 1 unspecified atom stereocenters. The Morgan fingerprint density at radius 1 is 1.35 bits per heavy atom. The van der Waals surface area contributed by atoms with E-state index >= 15 is 0 Å². The Morgan fingerprint density at radius 2 is 2.06 bits per heavy atom. The van der Waals surface area contributed by atoms with E-state index in [4.69, 9.17) is 0 Å². The van der Waals surface area contributed by atoms with Gasteiger partial charge in [0.05, 0.1) is 6.10 Å². The molecule has 1 aliphatic rings. The Bertz CT molecular complexity index is 360. The van der Waals surface area contributed by atoms with Crippen LogP contribution in [-0.4, -0.2) is 29.6 Å². The van der Waals surface area contributed by atoms with Crippen molar-refractivity contribution in [1.82, 2.24) is 4.90 Å². The lowest BCUT2D eigenvalue weighted by Gasteiger charge is -2.24. The minimum absolute atomic E-state index is 0.352. The van der Waals surface area contributed by atoms with Crippen LogP contribution in [0, 0.1) is 12.8 Å². The first kappa shape index (κ1) is 12.6. The van der Waals surface area contributed by atoms with Gasteiger partial charge in [-0.25, -0.2) is 0 Å². The molecule has 1 N–H and O–H groups in total. The molecular weight excluding hydrogens is 210 g/mol. The number of aliphatic hydroxyl groups is 1. The second-order valence-corrected chi connectivity index (χ2v) is 5.17. The Labute approximate surface area is 104 Å². The highest BCUT2D eigenvalue weighted by atomic mass is 16.3. The molecule has 1 aliphatic carbocycles.